The molecule has 1 aliphatic heterocycles. The van der Waals surface area contributed by atoms with Crippen molar-refractivity contribution in [2.24, 2.45) is 4.99 Å². The molecule has 1 aromatic carbocycles. The number of likely N-dealkylation sites (tertiary alicyclic amines) is 1. The number of ether oxygens (including phenoxy) is 1. The van der Waals surface area contributed by atoms with Gasteiger partial charge in [-0.25, -0.2) is 0 Å². The normalized spacial score (nSPS) is 15.8. The Morgan fingerprint density at radius 1 is 1.19 bits per heavy atom. The zero-order valence-electron chi connectivity index (χ0n) is 18.6. The third-order valence-electron chi connectivity index (χ3n) is 5.37. The Morgan fingerprint density at radius 3 is 2.77 bits per heavy atom. The molecule has 6 nitrogen and oxygen atoms in total. The lowest BCUT2D eigenvalue weighted by molar-refractivity contribution is 0.155. The summed E-state index contributed by atoms with van der Waals surface area (Å²) in [5, 5.41) is 7.20. The van der Waals surface area contributed by atoms with E-state index in [0.717, 1.165) is 75.9 Å². The standard InChI is InChI=1S/C24H36N4O2S/c1-29-18-6-15-28-16-11-21(12-17-28)27-24(25-13-10-22-7-5-19-30-22)26-14-20-31-23-8-3-2-4-9-23/h2-5,7-9,19,21H,6,10-18,20H2,1H3,(H2,25,26,27). The molecular formula is C24H36N4O2S. The van der Waals surface area contributed by atoms with Gasteiger partial charge in [0.1, 0.15) is 5.76 Å². The number of hydrogen-bond acceptors (Lipinski definition) is 5. The molecule has 2 heterocycles. The van der Waals surface area contributed by atoms with Crippen LogP contribution in [0, 0.1) is 0 Å². The maximum Gasteiger partial charge on any atom is 0.191 e. The number of hydrogen-bond donors (Lipinski definition) is 2. The van der Waals surface area contributed by atoms with Crippen LogP contribution in [0.5, 0.6) is 0 Å². The zero-order chi connectivity index (χ0) is 21.6. The Bertz CT molecular complexity index is 731. The summed E-state index contributed by atoms with van der Waals surface area (Å²) in [6, 6.07) is 14.9. The van der Waals surface area contributed by atoms with Gasteiger partial charge in [0.15, 0.2) is 5.96 Å². The third-order valence-corrected chi connectivity index (χ3v) is 6.38. The summed E-state index contributed by atoms with van der Waals surface area (Å²) in [5.41, 5.74) is 0. The Morgan fingerprint density at radius 2 is 2.03 bits per heavy atom. The van der Waals surface area contributed by atoms with Gasteiger partial charge in [0.25, 0.3) is 0 Å². The molecule has 0 atom stereocenters. The van der Waals surface area contributed by atoms with Crippen LogP contribution in [0.2, 0.25) is 0 Å². The number of nitrogens with one attached hydrogen (secondary N) is 2. The van der Waals surface area contributed by atoms with Crippen LogP contribution in [-0.2, 0) is 11.2 Å². The second-order valence-electron chi connectivity index (χ2n) is 7.75. The molecule has 1 fully saturated rings. The van der Waals surface area contributed by atoms with Crippen molar-refractivity contribution >= 4 is 17.7 Å². The van der Waals surface area contributed by atoms with Crippen LogP contribution >= 0.6 is 11.8 Å². The second-order valence-corrected chi connectivity index (χ2v) is 8.92. The number of benzene rings is 1. The second kappa shape index (κ2) is 14.2. The van der Waals surface area contributed by atoms with Crippen LogP contribution in [0.15, 0.2) is 63.0 Å². The van der Waals surface area contributed by atoms with Gasteiger partial charge in [-0.15, -0.1) is 11.8 Å². The summed E-state index contributed by atoms with van der Waals surface area (Å²) < 4.78 is 10.6. The van der Waals surface area contributed by atoms with E-state index in [1.165, 1.54) is 4.90 Å². The summed E-state index contributed by atoms with van der Waals surface area (Å²) in [7, 11) is 1.77. The van der Waals surface area contributed by atoms with Gasteiger partial charge in [0.2, 0.25) is 0 Å². The van der Waals surface area contributed by atoms with Crippen molar-refractivity contribution in [3.63, 3.8) is 0 Å². The van der Waals surface area contributed by atoms with Crippen molar-refractivity contribution in [3.8, 4) is 0 Å². The number of aliphatic imine (C=N–C) groups is 1. The number of nitrogens with zero attached hydrogens (tertiary/aromatic N) is 2. The van der Waals surface area contributed by atoms with E-state index in [9.17, 15) is 0 Å². The molecule has 2 N–H and O–H groups in total. The van der Waals surface area contributed by atoms with Gasteiger partial charge in [-0.2, -0.15) is 0 Å². The predicted octanol–water partition coefficient (Wildman–Crippen LogP) is 3.65. The molecule has 0 bridgehead atoms. The van der Waals surface area contributed by atoms with Gasteiger partial charge in [0, 0.05) is 69.6 Å². The number of rotatable bonds is 12. The van der Waals surface area contributed by atoms with E-state index in [1.807, 2.05) is 23.9 Å². The summed E-state index contributed by atoms with van der Waals surface area (Å²) in [6.45, 7) is 5.82. The van der Waals surface area contributed by atoms with E-state index in [2.05, 4.69) is 45.9 Å². The van der Waals surface area contributed by atoms with E-state index < -0.39 is 0 Å². The van der Waals surface area contributed by atoms with Crippen molar-refractivity contribution in [1.29, 1.82) is 0 Å². The maximum atomic E-state index is 5.44. The fourth-order valence-electron chi connectivity index (χ4n) is 3.67. The lowest BCUT2D eigenvalue weighted by atomic mass is 10.1. The molecule has 7 heteroatoms. The molecule has 0 spiro atoms. The van der Waals surface area contributed by atoms with Gasteiger partial charge in [0.05, 0.1) is 6.26 Å². The van der Waals surface area contributed by atoms with E-state index in [1.54, 1.807) is 13.4 Å². The van der Waals surface area contributed by atoms with Crippen molar-refractivity contribution in [2.45, 2.75) is 36.6 Å². The molecule has 0 radical (unpaired) electrons. The highest BCUT2D eigenvalue weighted by atomic mass is 32.2. The van der Waals surface area contributed by atoms with Crippen LogP contribution in [0.3, 0.4) is 0 Å². The average Bonchev–Trinajstić information content (AvgIpc) is 3.32. The first-order chi connectivity index (χ1) is 15.3. The van der Waals surface area contributed by atoms with E-state index in [4.69, 9.17) is 14.1 Å². The SMILES string of the molecule is COCCCN1CCC(NC(=NCCc2ccco2)NCCSc2ccccc2)CC1. The minimum atomic E-state index is 0.468. The summed E-state index contributed by atoms with van der Waals surface area (Å²) in [4.78, 5) is 8.65. The zero-order valence-corrected chi connectivity index (χ0v) is 19.4. The Labute approximate surface area is 190 Å². The largest absolute Gasteiger partial charge is 0.469 e. The number of guanidine groups is 1. The van der Waals surface area contributed by atoms with Gasteiger partial charge in [-0.05, 0) is 43.5 Å². The molecule has 1 saturated heterocycles. The Hall–Kier alpha value is -1.96. The Kier molecular flexibility index (Phi) is 10.8. The lowest BCUT2D eigenvalue weighted by Crippen LogP contribution is -2.49. The van der Waals surface area contributed by atoms with Crippen LogP contribution in [-0.4, -0.2) is 69.1 Å². The molecule has 1 aromatic heterocycles. The van der Waals surface area contributed by atoms with E-state index in [-0.39, 0.29) is 0 Å². The van der Waals surface area contributed by atoms with Crippen molar-refractivity contribution in [1.82, 2.24) is 15.5 Å². The summed E-state index contributed by atoms with van der Waals surface area (Å²) >= 11 is 1.86. The first-order valence-corrected chi connectivity index (χ1v) is 12.3. The van der Waals surface area contributed by atoms with E-state index >= 15 is 0 Å². The maximum absolute atomic E-state index is 5.44. The molecule has 0 unspecified atom stereocenters. The molecule has 0 aliphatic carbocycles. The average molecular weight is 445 g/mol. The lowest BCUT2D eigenvalue weighted by Gasteiger charge is -2.33. The van der Waals surface area contributed by atoms with Gasteiger partial charge < -0.3 is 24.7 Å². The van der Waals surface area contributed by atoms with Crippen molar-refractivity contribution in [3.05, 3.63) is 54.5 Å². The minimum absolute atomic E-state index is 0.468. The molecule has 170 valence electrons. The fraction of sp³-hybridized carbons (Fsp3) is 0.542. The van der Waals surface area contributed by atoms with E-state index in [0.29, 0.717) is 12.6 Å². The van der Waals surface area contributed by atoms with Crippen LogP contribution in [0.25, 0.3) is 0 Å². The molecule has 0 amide bonds. The molecular weight excluding hydrogens is 408 g/mol. The van der Waals surface area contributed by atoms with Crippen LogP contribution in [0.4, 0.5) is 0 Å². The molecule has 0 saturated carbocycles. The van der Waals surface area contributed by atoms with Gasteiger partial charge in [-0.3, -0.25) is 4.99 Å². The summed E-state index contributed by atoms with van der Waals surface area (Å²) in [5.74, 6) is 2.89. The van der Waals surface area contributed by atoms with Crippen LogP contribution < -0.4 is 10.6 Å². The number of furan rings is 1. The number of thioether (sulfide) groups is 1. The highest BCUT2D eigenvalue weighted by Crippen LogP contribution is 2.16. The quantitative estimate of drug-likeness (QED) is 0.226. The first kappa shape index (κ1) is 23.7. The number of methoxy groups -OCH3 is 1. The monoisotopic (exact) mass is 444 g/mol. The molecule has 31 heavy (non-hydrogen) atoms. The van der Waals surface area contributed by atoms with Gasteiger partial charge in [-0.1, -0.05) is 18.2 Å². The van der Waals surface area contributed by atoms with Crippen molar-refractivity contribution in [2.75, 3.05) is 52.2 Å². The first-order valence-electron chi connectivity index (χ1n) is 11.3. The minimum Gasteiger partial charge on any atom is -0.469 e. The summed E-state index contributed by atoms with van der Waals surface area (Å²) in [6.07, 6.45) is 5.93. The topological polar surface area (TPSA) is 62.0 Å². The van der Waals surface area contributed by atoms with Crippen LogP contribution in [0.1, 0.15) is 25.0 Å². The number of piperidine rings is 1. The Balaban J connectivity index is 1.43. The smallest absolute Gasteiger partial charge is 0.191 e. The molecule has 2 aromatic rings. The van der Waals surface area contributed by atoms with Crippen molar-refractivity contribution < 1.29 is 9.15 Å². The van der Waals surface area contributed by atoms with Gasteiger partial charge >= 0.3 is 0 Å². The highest BCUT2D eigenvalue weighted by molar-refractivity contribution is 7.99. The fourth-order valence-corrected chi connectivity index (χ4v) is 4.46. The molecule has 1 aliphatic rings. The third kappa shape index (κ3) is 9.37. The highest BCUT2D eigenvalue weighted by Gasteiger charge is 2.19. The molecule has 3 rings (SSSR count). The predicted molar refractivity (Wildman–Crippen MR) is 129 cm³/mol.